The smallest absolute Gasteiger partial charge is 0.0452 e. The molecule has 0 radical (unpaired) electrons. The van der Waals surface area contributed by atoms with Gasteiger partial charge in [0.2, 0.25) is 0 Å². The van der Waals surface area contributed by atoms with Crippen molar-refractivity contribution in [1.29, 1.82) is 0 Å². The van der Waals surface area contributed by atoms with E-state index >= 15 is 0 Å². The molecule has 1 aromatic carbocycles. The Labute approximate surface area is 106 Å². The number of nitrogens with two attached hydrogens (primary N) is 1. The summed E-state index contributed by atoms with van der Waals surface area (Å²) in [4.78, 5) is 5.47. The summed E-state index contributed by atoms with van der Waals surface area (Å²) in [6.07, 6.45) is 2.81. The third-order valence-electron chi connectivity index (χ3n) is 2.51. The van der Waals surface area contributed by atoms with Crippen LogP contribution in [-0.2, 0) is 6.42 Å². The first-order chi connectivity index (χ1) is 8.25. The first kappa shape index (κ1) is 12.0. The zero-order chi connectivity index (χ0) is 12.1. The van der Waals surface area contributed by atoms with Crippen molar-refractivity contribution in [3.05, 3.63) is 53.9 Å². The van der Waals surface area contributed by atoms with Crippen molar-refractivity contribution in [2.75, 3.05) is 11.5 Å². The topological polar surface area (TPSA) is 38.9 Å². The summed E-state index contributed by atoms with van der Waals surface area (Å²) in [5.74, 6) is 1.00. The molecule has 0 aliphatic heterocycles. The molecule has 0 aliphatic rings. The molecule has 2 rings (SSSR count). The highest BCUT2D eigenvalue weighted by Gasteiger charge is 2.01. The molecule has 1 heterocycles. The van der Waals surface area contributed by atoms with Gasteiger partial charge in [-0.2, -0.15) is 0 Å². The summed E-state index contributed by atoms with van der Waals surface area (Å²) in [5, 5.41) is 0. The fourth-order valence-electron chi connectivity index (χ4n) is 1.58. The van der Waals surface area contributed by atoms with Gasteiger partial charge >= 0.3 is 0 Å². The van der Waals surface area contributed by atoms with Gasteiger partial charge < -0.3 is 5.73 Å². The predicted molar refractivity (Wildman–Crippen MR) is 74.3 cm³/mol. The molecule has 88 valence electrons. The van der Waals surface area contributed by atoms with Gasteiger partial charge in [-0.15, -0.1) is 11.8 Å². The molecule has 2 aromatic rings. The number of pyridine rings is 1. The van der Waals surface area contributed by atoms with Crippen molar-refractivity contribution in [3.8, 4) is 0 Å². The lowest BCUT2D eigenvalue weighted by molar-refractivity contribution is 1.05. The number of nitrogens with zero attached hydrogens (tertiary/aromatic N) is 1. The van der Waals surface area contributed by atoms with Gasteiger partial charge in [-0.1, -0.05) is 12.1 Å². The minimum absolute atomic E-state index is 0.863. The van der Waals surface area contributed by atoms with Gasteiger partial charge in [-0.25, -0.2) is 0 Å². The van der Waals surface area contributed by atoms with E-state index in [1.165, 1.54) is 10.5 Å². The Morgan fingerprint density at radius 2 is 2.12 bits per heavy atom. The first-order valence-corrected chi connectivity index (χ1v) is 6.63. The quantitative estimate of drug-likeness (QED) is 0.662. The number of nitrogen functional groups attached to an aromatic ring is 1. The maximum absolute atomic E-state index is 5.93. The average Bonchev–Trinajstić information content (AvgIpc) is 2.35. The summed E-state index contributed by atoms with van der Waals surface area (Å²) >= 11 is 1.79. The number of thioether (sulfide) groups is 1. The van der Waals surface area contributed by atoms with Crippen LogP contribution in [0.1, 0.15) is 11.3 Å². The van der Waals surface area contributed by atoms with E-state index in [-0.39, 0.29) is 0 Å². The lowest BCUT2D eigenvalue weighted by Gasteiger charge is -2.06. The lowest BCUT2D eigenvalue weighted by Crippen LogP contribution is -1.94. The Morgan fingerprint density at radius 3 is 2.88 bits per heavy atom. The minimum atomic E-state index is 0.863. The van der Waals surface area contributed by atoms with Gasteiger partial charge in [-0.3, -0.25) is 4.98 Å². The highest BCUT2D eigenvalue weighted by atomic mass is 32.2. The number of hydrogen-bond acceptors (Lipinski definition) is 3. The zero-order valence-corrected chi connectivity index (χ0v) is 10.7. The molecule has 0 amide bonds. The Hall–Kier alpha value is -1.48. The first-order valence-electron chi connectivity index (χ1n) is 5.64. The Bertz CT molecular complexity index is 483. The molecule has 17 heavy (non-hydrogen) atoms. The fraction of sp³-hybridized carbons (Fsp3) is 0.214. The maximum Gasteiger partial charge on any atom is 0.0452 e. The van der Waals surface area contributed by atoms with E-state index in [9.17, 15) is 0 Å². The Morgan fingerprint density at radius 1 is 1.24 bits per heavy atom. The number of anilines is 1. The molecule has 2 N–H and O–H groups in total. The molecule has 0 unspecified atom stereocenters. The van der Waals surface area contributed by atoms with Gasteiger partial charge in [0, 0.05) is 28.2 Å². The minimum Gasteiger partial charge on any atom is -0.398 e. The number of benzene rings is 1. The number of hydrogen-bond donors (Lipinski definition) is 1. The maximum atomic E-state index is 5.93. The van der Waals surface area contributed by atoms with Crippen molar-refractivity contribution >= 4 is 17.4 Å². The van der Waals surface area contributed by atoms with Crippen LogP contribution in [0.3, 0.4) is 0 Å². The second-order valence-corrected chi connectivity index (χ2v) is 5.10. The van der Waals surface area contributed by atoms with E-state index in [0.29, 0.717) is 0 Å². The standard InChI is InChI=1S/C14H16N2S/c1-11-5-6-13(15)14(10-11)17-9-7-12-4-2-3-8-16-12/h2-6,8,10H,7,9,15H2,1H3. The molecule has 0 fully saturated rings. The average molecular weight is 244 g/mol. The highest BCUT2D eigenvalue weighted by molar-refractivity contribution is 7.99. The molecule has 0 bridgehead atoms. The van der Waals surface area contributed by atoms with E-state index in [0.717, 1.165) is 23.6 Å². The van der Waals surface area contributed by atoms with Crippen molar-refractivity contribution in [2.24, 2.45) is 0 Å². The zero-order valence-electron chi connectivity index (χ0n) is 9.89. The van der Waals surface area contributed by atoms with Crippen LogP contribution >= 0.6 is 11.8 Å². The number of rotatable bonds is 4. The Balaban J connectivity index is 1.92. The largest absolute Gasteiger partial charge is 0.398 e. The van der Waals surface area contributed by atoms with Crippen molar-refractivity contribution in [3.63, 3.8) is 0 Å². The van der Waals surface area contributed by atoms with Crippen LogP contribution in [0.4, 0.5) is 5.69 Å². The number of aromatic nitrogens is 1. The van der Waals surface area contributed by atoms with E-state index < -0.39 is 0 Å². The van der Waals surface area contributed by atoms with Gasteiger partial charge in [0.1, 0.15) is 0 Å². The Kier molecular flexibility index (Phi) is 4.04. The van der Waals surface area contributed by atoms with Gasteiger partial charge in [0.05, 0.1) is 0 Å². The highest BCUT2D eigenvalue weighted by Crippen LogP contribution is 2.26. The monoisotopic (exact) mass is 244 g/mol. The molecule has 3 heteroatoms. The summed E-state index contributed by atoms with van der Waals surface area (Å²) in [6.45, 7) is 2.09. The van der Waals surface area contributed by atoms with Crippen molar-refractivity contribution < 1.29 is 0 Å². The summed E-state index contributed by atoms with van der Waals surface area (Å²) in [7, 11) is 0. The molecule has 0 spiro atoms. The molecule has 0 saturated heterocycles. The van der Waals surface area contributed by atoms with E-state index in [4.69, 9.17) is 5.73 Å². The predicted octanol–water partition coefficient (Wildman–Crippen LogP) is 3.31. The molecule has 2 nitrogen and oxygen atoms in total. The molecule has 0 saturated carbocycles. The number of aryl methyl sites for hydroxylation is 2. The van der Waals surface area contributed by atoms with Crippen molar-refractivity contribution in [1.82, 2.24) is 4.98 Å². The van der Waals surface area contributed by atoms with Gasteiger partial charge in [0.25, 0.3) is 0 Å². The van der Waals surface area contributed by atoms with E-state index in [1.54, 1.807) is 11.8 Å². The van der Waals surface area contributed by atoms with Crippen LogP contribution in [0.5, 0.6) is 0 Å². The van der Waals surface area contributed by atoms with Gasteiger partial charge in [0.15, 0.2) is 0 Å². The molecular formula is C14H16N2S. The second kappa shape index (κ2) is 5.73. The molecular weight excluding hydrogens is 228 g/mol. The van der Waals surface area contributed by atoms with Crippen LogP contribution in [0, 0.1) is 6.92 Å². The van der Waals surface area contributed by atoms with Crippen LogP contribution in [-0.4, -0.2) is 10.7 Å². The second-order valence-electron chi connectivity index (χ2n) is 3.96. The van der Waals surface area contributed by atoms with Gasteiger partial charge in [-0.05, 0) is 43.2 Å². The SMILES string of the molecule is Cc1ccc(N)c(SCCc2ccccn2)c1. The van der Waals surface area contributed by atoms with Crippen molar-refractivity contribution in [2.45, 2.75) is 18.2 Å². The van der Waals surface area contributed by atoms with E-state index in [1.807, 2.05) is 30.5 Å². The normalized spacial score (nSPS) is 10.4. The van der Waals surface area contributed by atoms with Crippen LogP contribution in [0.2, 0.25) is 0 Å². The molecule has 1 aromatic heterocycles. The lowest BCUT2D eigenvalue weighted by atomic mass is 10.2. The fourth-order valence-corrected chi connectivity index (χ4v) is 2.61. The van der Waals surface area contributed by atoms with Crippen LogP contribution in [0.15, 0.2) is 47.5 Å². The molecule has 0 aliphatic carbocycles. The third-order valence-corrected chi connectivity index (χ3v) is 3.58. The molecule has 0 atom stereocenters. The summed E-state index contributed by atoms with van der Waals surface area (Å²) < 4.78 is 0. The summed E-state index contributed by atoms with van der Waals surface area (Å²) in [6, 6.07) is 12.2. The third kappa shape index (κ3) is 3.49. The van der Waals surface area contributed by atoms with E-state index in [2.05, 4.69) is 24.0 Å². The van der Waals surface area contributed by atoms with Crippen LogP contribution < -0.4 is 5.73 Å². The van der Waals surface area contributed by atoms with Crippen LogP contribution in [0.25, 0.3) is 0 Å². The summed E-state index contributed by atoms with van der Waals surface area (Å²) in [5.41, 5.74) is 9.18.